The molecule has 1 atom stereocenters. The second-order valence-corrected chi connectivity index (χ2v) is 6.11. The van der Waals surface area contributed by atoms with Crippen LogP contribution in [0.3, 0.4) is 0 Å². The lowest BCUT2D eigenvalue weighted by atomic mass is 10.0. The van der Waals surface area contributed by atoms with Crippen LogP contribution in [0.2, 0.25) is 0 Å². The average Bonchev–Trinajstić information content (AvgIpc) is 2.68. The van der Waals surface area contributed by atoms with Crippen molar-refractivity contribution >= 4 is 16.7 Å². The molecule has 26 heavy (non-hydrogen) atoms. The Balaban J connectivity index is 1.52. The molecule has 3 aromatic rings. The van der Waals surface area contributed by atoms with Gasteiger partial charge < -0.3 is 14.8 Å². The van der Waals surface area contributed by atoms with Crippen molar-refractivity contribution in [2.24, 2.45) is 0 Å². The largest absolute Gasteiger partial charge is 0.497 e. The normalized spacial score (nSPS) is 11.8. The van der Waals surface area contributed by atoms with E-state index in [1.807, 2.05) is 12.1 Å². The minimum absolute atomic E-state index is 0.124. The summed E-state index contributed by atoms with van der Waals surface area (Å²) in [6.07, 6.45) is 0.221. The molecule has 1 amide bonds. The Hall–Kier alpha value is -3.01. The topological polar surface area (TPSA) is 47.6 Å². The third kappa shape index (κ3) is 4.33. The Labute approximate surface area is 153 Å². The van der Waals surface area contributed by atoms with Gasteiger partial charge >= 0.3 is 0 Å². The molecule has 0 spiro atoms. The summed E-state index contributed by atoms with van der Waals surface area (Å²) in [5, 5.41) is 5.39. The molecule has 0 aliphatic carbocycles. The molecule has 134 valence electrons. The van der Waals surface area contributed by atoms with Gasteiger partial charge in [-0.25, -0.2) is 0 Å². The van der Waals surface area contributed by atoms with Gasteiger partial charge in [-0.15, -0.1) is 0 Å². The van der Waals surface area contributed by atoms with E-state index in [0.717, 1.165) is 12.2 Å². The Kier molecular flexibility index (Phi) is 5.74. The Morgan fingerprint density at radius 3 is 2.42 bits per heavy atom. The van der Waals surface area contributed by atoms with Gasteiger partial charge in [0.05, 0.1) is 7.11 Å². The van der Waals surface area contributed by atoms with Gasteiger partial charge in [0.15, 0.2) is 6.10 Å². The van der Waals surface area contributed by atoms with Crippen molar-refractivity contribution in [2.75, 3.05) is 13.7 Å². The first kappa shape index (κ1) is 17.8. The predicted molar refractivity (Wildman–Crippen MR) is 104 cm³/mol. The van der Waals surface area contributed by atoms with E-state index in [2.05, 4.69) is 35.6 Å². The summed E-state index contributed by atoms with van der Waals surface area (Å²) in [5.74, 6) is 1.27. The number of carbonyl (C=O) groups is 1. The fraction of sp³-hybridized carbons (Fsp3) is 0.227. The molecule has 4 nitrogen and oxygen atoms in total. The lowest BCUT2D eigenvalue weighted by molar-refractivity contribution is -0.127. The van der Waals surface area contributed by atoms with E-state index in [4.69, 9.17) is 9.47 Å². The van der Waals surface area contributed by atoms with E-state index in [-0.39, 0.29) is 5.91 Å². The molecule has 0 radical (unpaired) electrons. The van der Waals surface area contributed by atoms with Crippen molar-refractivity contribution in [3.05, 3.63) is 72.3 Å². The van der Waals surface area contributed by atoms with E-state index in [9.17, 15) is 4.79 Å². The van der Waals surface area contributed by atoms with Crippen molar-refractivity contribution in [3.8, 4) is 11.5 Å². The van der Waals surface area contributed by atoms with Crippen molar-refractivity contribution in [1.29, 1.82) is 0 Å². The van der Waals surface area contributed by atoms with Gasteiger partial charge in [0.1, 0.15) is 11.5 Å². The number of amides is 1. The summed E-state index contributed by atoms with van der Waals surface area (Å²) < 4.78 is 10.8. The number of hydrogen-bond donors (Lipinski definition) is 1. The van der Waals surface area contributed by atoms with Gasteiger partial charge in [-0.3, -0.25) is 4.79 Å². The van der Waals surface area contributed by atoms with Crippen LogP contribution in [-0.2, 0) is 11.2 Å². The maximum Gasteiger partial charge on any atom is 0.260 e. The van der Waals surface area contributed by atoms with Gasteiger partial charge in [-0.05, 0) is 53.9 Å². The quantitative estimate of drug-likeness (QED) is 0.702. The summed E-state index contributed by atoms with van der Waals surface area (Å²) in [6, 6.07) is 21.7. The molecule has 0 saturated carbocycles. The second-order valence-electron chi connectivity index (χ2n) is 6.11. The zero-order valence-corrected chi connectivity index (χ0v) is 15.1. The highest BCUT2D eigenvalue weighted by molar-refractivity contribution is 5.85. The number of methoxy groups -OCH3 is 1. The number of carbonyl (C=O) groups excluding carboxylic acids is 1. The van der Waals surface area contributed by atoms with Gasteiger partial charge in [0.25, 0.3) is 5.91 Å². The maximum atomic E-state index is 12.3. The number of benzene rings is 3. The third-order valence-corrected chi connectivity index (χ3v) is 4.32. The summed E-state index contributed by atoms with van der Waals surface area (Å²) in [7, 11) is 1.61. The molecule has 1 unspecified atom stereocenters. The Morgan fingerprint density at radius 2 is 1.65 bits per heavy atom. The van der Waals surface area contributed by atoms with Crippen LogP contribution in [0.1, 0.15) is 12.5 Å². The number of rotatable bonds is 7. The van der Waals surface area contributed by atoms with Crippen LogP contribution in [0.25, 0.3) is 10.8 Å². The highest BCUT2D eigenvalue weighted by atomic mass is 16.5. The summed E-state index contributed by atoms with van der Waals surface area (Å²) in [5.41, 5.74) is 1.23. The highest BCUT2D eigenvalue weighted by Gasteiger charge is 2.14. The summed E-state index contributed by atoms with van der Waals surface area (Å²) in [4.78, 5) is 12.3. The lowest BCUT2D eigenvalue weighted by Crippen LogP contribution is -2.37. The van der Waals surface area contributed by atoms with Crippen molar-refractivity contribution < 1.29 is 14.3 Å². The molecule has 3 rings (SSSR count). The molecule has 4 heteroatoms. The molecule has 1 N–H and O–H groups in total. The third-order valence-electron chi connectivity index (χ3n) is 4.32. The SMILES string of the molecule is COc1ccc(OC(C)C(=O)NCCc2cccc3ccccc23)cc1. The lowest BCUT2D eigenvalue weighted by Gasteiger charge is -2.15. The van der Waals surface area contributed by atoms with Gasteiger partial charge in [-0.2, -0.15) is 0 Å². The fourth-order valence-corrected chi connectivity index (χ4v) is 2.89. The first-order valence-electron chi connectivity index (χ1n) is 8.72. The zero-order chi connectivity index (χ0) is 18.4. The van der Waals surface area contributed by atoms with Crippen molar-refractivity contribution in [2.45, 2.75) is 19.4 Å². The first-order valence-corrected chi connectivity index (χ1v) is 8.72. The van der Waals surface area contributed by atoms with Crippen molar-refractivity contribution in [1.82, 2.24) is 5.32 Å². The smallest absolute Gasteiger partial charge is 0.260 e. The monoisotopic (exact) mass is 349 g/mol. The van der Waals surface area contributed by atoms with Crippen molar-refractivity contribution in [3.63, 3.8) is 0 Å². The van der Waals surface area contributed by atoms with Gasteiger partial charge in [0.2, 0.25) is 0 Å². The van der Waals surface area contributed by atoms with Gasteiger partial charge in [-0.1, -0.05) is 42.5 Å². The molecule has 0 heterocycles. The molecule has 0 aromatic heterocycles. The van der Waals surface area contributed by atoms with E-state index < -0.39 is 6.10 Å². The van der Waals surface area contributed by atoms with Crippen LogP contribution in [0.4, 0.5) is 0 Å². The molecule has 0 fully saturated rings. The van der Waals surface area contributed by atoms with Crippen LogP contribution in [0.5, 0.6) is 11.5 Å². The molecule has 0 saturated heterocycles. The predicted octanol–water partition coefficient (Wildman–Crippen LogP) is 3.97. The zero-order valence-electron chi connectivity index (χ0n) is 15.1. The molecule has 0 aliphatic rings. The van der Waals surface area contributed by atoms with Crippen LogP contribution in [-0.4, -0.2) is 25.7 Å². The van der Waals surface area contributed by atoms with E-state index in [0.29, 0.717) is 12.3 Å². The summed E-state index contributed by atoms with van der Waals surface area (Å²) in [6.45, 7) is 2.32. The minimum atomic E-state index is -0.559. The van der Waals surface area contributed by atoms with E-state index in [1.54, 1.807) is 38.3 Å². The minimum Gasteiger partial charge on any atom is -0.497 e. The number of fused-ring (bicyclic) bond motifs is 1. The maximum absolute atomic E-state index is 12.3. The van der Waals surface area contributed by atoms with E-state index >= 15 is 0 Å². The van der Waals surface area contributed by atoms with Crippen LogP contribution in [0, 0.1) is 0 Å². The van der Waals surface area contributed by atoms with Crippen LogP contribution >= 0.6 is 0 Å². The standard InChI is InChI=1S/C22H23NO3/c1-16(26-20-12-10-19(25-2)11-13-20)22(24)23-15-14-18-8-5-7-17-6-3-4-9-21(17)18/h3-13,16H,14-15H2,1-2H3,(H,23,24). The number of ether oxygens (including phenoxy) is 2. The van der Waals surface area contributed by atoms with Crippen LogP contribution in [0.15, 0.2) is 66.7 Å². The second kappa shape index (κ2) is 8.39. The first-order chi connectivity index (χ1) is 12.7. The summed E-state index contributed by atoms with van der Waals surface area (Å²) >= 11 is 0. The Morgan fingerprint density at radius 1 is 0.962 bits per heavy atom. The fourth-order valence-electron chi connectivity index (χ4n) is 2.89. The van der Waals surface area contributed by atoms with Crippen LogP contribution < -0.4 is 14.8 Å². The van der Waals surface area contributed by atoms with Gasteiger partial charge in [0, 0.05) is 6.54 Å². The average molecular weight is 349 g/mol. The van der Waals surface area contributed by atoms with E-state index in [1.165, 1.54) is 16.3 Å². The molecule has 0 bridgehead atoms. The Bertz CT molecular complexity index is 869. The highest BCUT2D eigenvalue weighted by Crippen LogP contribution is 2.19. The molecule has 3 aromatic carbocycles. The number of hydrogen-bond acceptors (Lipinski definition) is 3. The molecule has 0 aliphatic heterocycles. The number of nitrogens with one attached hydrogen (secondary N) is 1. The molecular weight excluding hydrogens is 326 g/mol. The molecular formula is C22H23NO3.